The van der Waals surface area contributed by atoms with Gasteiger partial charge in [0.25, 0.3) is 5.91 Å². The van der Waals surface area contributed by atoms with E-state index in [9.17, 15) is 4.79 Å². The quantitative estimate of drug-likeness (QED) is 0.740. The first kappa shape index (κ1) is 19.3. The van der Waals surface area contributed by atoms with E-state index in [-0.39, 0.29) is 18.3 Å². The lowest BCUT2D eigenvalue weighted by molar-refractivity contribution is -0.140. The van der Waals surface area contributed by atoms with Crippen LogP contribution in [0.5, 0.6) is 0 Å². The van der Waals surface area contributed by atoms with Crippen molar-refractivity contribution in [2.75, 3.05) is 25.5 Å². The Morgan fingerprint density at radius 2 is 2.09 bits per heavy atom. The number of hydrogen-bond donors (Lipinski definition) is 2. The van der Waals surface area contributed by atoms with Gasteiger partial charge in [0.05, 0.1) is 0 Å². The molecule has 0 saturated carbocycles. The Balaban J connectivity index is 0.00000242. The van der Waals surface area contributed by atoms with Crippen molar-refractivity contribution in [1.82, 2.24) is 15.5 Å². The van der Waals surface area contributed by atoms with Gasteiger partial charge >= 0.3 is 0 Å². The van der Waals surface area contributed by atoms with Gasteiger partial charge in [0.2, 0.25) is 5.13 Å². The maximum Gasteiger partial charge on any atom is 0.258 e. The molecule has 0 spiro atoms. The molecular formula is C14H25ClN4O2S. The molecule has 6 nitrogen and oxygen atoms in total. The fourth-order valence-corrected chi connectivity index (χ4v) is 3.27. The topological polar surface area (TPSA) is 76.1 Å². The molecule has 1 fully saturated rings. The Morgan fingerprint density at radius 1 is 1.36 bits per heavy atom. The van der Waals surface area contributed by atoms with Crippen molar-refractivity contribution in [1.29, 1.82) is 0 Å². The Labute approximate surface area is 141 Å². The van der Waals surface area contributed by atoms with Crippen molar-refractivity contribution in [3.8, 4) is 0 Å². The average Bonchev–Trinajstić information content (AvgIpc) is 2.95. The fourth-order valence-electron chi connectivity index (χ4n) is 2.50. The van der Waals surface area contributed by atoms with E-state index >= 15 is 0 Å². The molecule has 1 saturated heterocycles. The summed E-state index contributed by atoms with van der Waals surface area (Å²) in [4.78, 5) is 12.5. The average molecular weight is 349 g/mol. The third kappa shape index (κ3) is 4.87. The molecule has 0 aromatic carbocycles. The smallest absolute Gasteiger partial charge is 0.258 e. The summed E-state index contributed by atoms with van der Waals surface area (Å²) in [6, 6.07) is 0. The Kier molecular flexibility index (Phi) is 8.24. The van der Waals surface area contributed by atoms with Gasteiger partial charge in [-0.3, -0.25) is 10.1 Å². The molecule has 2 heterocycles. The van der Waals surface area contributed by atoms with Crippen molar-refractivity contribution in [3.05, 3.63) is 5.01 Å². The van der Waals surface area contributed by atoms with E-state index in [4.69, 9.17) is 4.74 Å². The molecule has 1 aromatic rings. The molecule has 0 unspecified atom stereocenters. The van der Waals surface area contributed by atoms with E-state index in [1.54, 1.807) is 7.11 Å². The minimum absolute atomic E-state index is 0. The summed E-state index contributed by atoms with van der Waals surface area (Å²) in [7, 11) is 1.60. The number of rotatable bonds is 7. The van der Waals surface area contributed by atoms with Crippen LogP contribution in [0.2, 0.25) is 0 Å². The molecule has 2 rings (SSSR count). The largest absolute Gasteiger partial charge is 0.368 e. The minimum Gasteiger partial charge on any atom is -0.368 e. The second-order valence-corrected chi connectivity index (χ2v) is 6.42. The zero-order valence-electron chi connectivity index (χ0n) is 13.2. The third-order valence-electron chi connectivity index (χ3n) is 3.90. The third-order valence-corrected chi connectivity index (χ3v) is 4.80. The van der Waals surface area contributed by atoms with Crippen LogP contribution >= 0.6 is 23.7 Å². The van der Waals surface area contributed by atoms with Gasteiger partial charge in [0.1, 0.15) is 10.6 Å². The molecule has 126 valence electrons. The van der Waals surface area contributed by atoms with E-state index in [0.29, 0.717) is 18.0 Å². The van der Waals surface area contributed by atoms with Gasteiger partial charge < -0.3 is 10.1 Å². The molecule has 0 aliphatic carbocycles. The zero-order chi connectivity index (χ0) is 15.1. The Bertz CT molecular complexity index is 463. The molecule has 8 heteroatoms. The van der Waals surface area contributed by atoms with Gasteiger partial charge in [0.15, 0.2) is 0 Å². The van der Waals surface area contributed by atoms with Crippen LogP contribution in [0.25, 0.3) is 0 Å². The number of amides is 1. The number of nitrogens with one attached hydrogen (secondary N) is 2. The van der Waals surface area contributed by atoms with Gasteiger partial charge in [-0.15, -0.1) is 22.6 Å². The number of methoxy groups -OCH3 is 1. The van der Waals surface area contributed by atoms with Crippen molar-refractivity contribution >= 4 is 34.8 Å². The lowest BCUT2D eigenvalue weighted by Crippen LogP contribution is -2.51. The van der Waals surface area contributed by atoms with Gasteiger partial charge in [-0.05, 0) is 32.4 Å². The normalized spacial score (nSPS) is 16.8. The number of hydrogen-bond acceptors (Lipinski definition) is 6. The summed E-state index contributed by atoms with van der Waals surface area (Å²) in [5.41, 5.74) is -0.737. The number of nitrogens with zero attached hydrogens (tertiary/aromatic N) is 2. The van der Waals surface area contributed by atoms with Crippen LogP contribution in [0.3, 0.4) is 0 Å². The Morgan fingerprint density at radius 3 is 2.73 bits per heavy atom. The molecule has 22 heavy (non-hydrogen) atoms. The van der Waals surface area contributed by atoms with Crippen LogP contribution in [0, 0.1) is 0 Å². The molecule has 0 atom stereocenters. The second-order valence-electron chi connectivity index (χ2n) is 5.36. The van der Waals surface area contributed by atoms with Crippen LogP contribution in [0.15, 0.2) is 0 Å². The van der Waals surface area contributed by atoms with Gasteiger partial charge in [-0.1, -0.05) is 31.1 Å². The van der Waals surface area contributed by atoms with E-state index in [2.05, 4.69) is 27.8 Å². The number of aryl methyl sites for hydroxylation is 1. The van der Waals surface area contributed by atoms with Gasteiger partial charge in [-0.2, -0.15) is 0 Å². The summed E-state index contributed by atoms with van der Waals surface area (Å²) >= 11 is 1.46. The number of unbranched alkanes of at least 4 members (excludes halogenated alkanes) is 2. The highest BCUT2D eigenvalue weighted by molar-refractivity contribution is 7.15. The highest BCUT2D eigenvalue weighted by Gasteiger charge is 2.40. The number of anilines is 1. The number of ether oxygens (including phenoxy) is 1. The predicted molar refractivity (Wildman–Crippen MR) is 90.9 cm³/mol. The molecule has 1 aliphatic rings. The highest BCUT2D eigenvalue weighted by Crippen LogP contribution is 2.25. The number of carbonyl (C=O) groups excluding carboxylic acids is 1. The zero-order valence-corrected chi connectivity index (χ0v) is 14.8. The molecule has 0 radical (unpaired) electrons. The minimum atomic E-state index is -0.737. The van der Waals surface area contributed by atoms with Gasteiger partial charge in [0, 0.05) is 13.5 Å². The maximum atomic E-state index is 12.5. The molecule has 1 aliphatic heterocycles. The van der Waals surface area contributed by atoms with Crippen molar-refractivity contribution in [3.63, 3.8) is 0 Å². The number of carbonyl (C=O) groups is 1. The van der Waals surface area contributed by atoms with Crippen LogP contribution in [0.4, 0.5) is 5.13 Å². The van der Waals surface area contributed by atoms with Gasteiger partial charge in [-0.25, -0.2) is 0 Å². The SMILES string of the molecule is CCCCCc1nnc(NC(=O)C2(OC)CCNCC2)s1.Cl. The number of piperidine rings is 1. The lowest BCUT2D eigenvalue weighted by atomic mass is 9.91. The highest BCUT2D eigenvalue weighted by atomic mass is 35.5. The van der Waals surface area contributed by atoms with E-state index in [1.807, 2.05) is 0 Å². The summed E-state index contributed by atoms with van der Waals surface area (Å²) in [5, 5.41) is 15.9. The van der Waals surface area contributed by atoms with Crippen molar-refractivity contribution in [2.24, 2.45) is 0 Å². The monoisotopic (exact) mass is 348 g/mol. The van der Waals surface area contributed by atoms with E-state index in [0.717, 1.165) is 30.9 Å². The van der Waals surface area contributed by atoms with E-state index < -0.39 is 5.60 Å². The standard InChI is InChI=1S/C14H24N4O2S.ClH/c1-3-4-5-6-11-17-18-13(21-11)16-12(19)14(20-2)7-9-15-10-8-14;/h15H,3-10H2,1-2H3,(H,16,18,19);1H. The number of halogens is 1. The number of aromatic nitrogens is 2. The summed E-state index contributed by atoms with van der Waals surface area (Å²) in [5.74, 6) is -0.109. The first-order valence-electron chi connectivity index (χ1n) is 7.60. The van der Waals surface area contributed by atoms with Crippen LogP contribution in [-0.2, 0) is 16.0 Å². The predicted octanol–water partition coefficient (Wildman–Crippen LogP) is 2.40. The molecule has 0 bridgehead atoms. The molecule has 1 aromatic heterocycles. The Hall–Kier alpha value is -0.760. The summed E-state index contributed by atoms with van der Waals surface area (Å²) in [6.07, 6.45) is 5.79. The summed E-state index contributed by atoms with van der Waals surface area (Å²) in [6.45, 7) is 3.76. The van der Waals surface area contributed by atoms with Crippen LogP contribution in [0.1, 0.15) is 44.0 Å². The first-order valence-corrected chi connectivity index (χ1v) is 8.41. The van der Waals surface area contributed by atoms with Crippen LogP contribution in [-0.4, -0.2) is 41.9 Å². The lowest BCUT2D eigenvalue weighted by Gasteiger charge is -2.34. The summed E-state index contributed by atoms with van der Waals surface area (Å²) < 4.78 is 5.50. The second kappa shape index (κ2) is 9.39. The molecule has 1 amide bonds. The van der Waals surface area contributed by atoms with Crippen molar-refractivity contribution in [2.45, 2.75) is 51.0 Å². The molecule has 2 N–H and O–H groups in total. The first-order chi connectivity index (χ1) is 10.2. The van der Waals surface area contributed by atoms with Crippen LogP contribution < -0.4 is 10.6 Å². The maximum absolute atomic E-state index is 12.5. The molecular weight excluding hydrogens is 324 g/mol. The van der Waals surface area contributed by atoms with E-state index in [1.165, 1.54) is 24.2 Å². The fraction of sp³-hybridized carbons (Fsp3) is 0.786. The van der Waals surface area contributed by atoms with Crippen molar-refractivity contribution < 1.29 is 9.53 Å².